The highest BCUT2D eigenvalue weighted by Gasteiger charge is 2.02. The minimum atomic E-state index is -0.173. The summed E-state index contributed by atoms with van der Waals surface area (Å²) in [5.41, 5.74) is 0. The summed E-state index contributed by atoms with van der Waals surface area (Å²) in [4.78, 5) is 23.6. The molecule has 0 aliphatic rings. The first-order chi connectivity index (χ1) is 9.72. The Morgan fingerprint density at radius 2 is 1.90 bits per heavy atom. The van der Waals surface area contributed by atoms with Crippen LogP contribution in [0.3, 0.4) is 0 Å². The Hall–Kier alpha value is -1.49. The average Bonchev–Trinajstić information content (AvgIpc) is 2.49. The minimum absolute atomic E-state index is 0.0480. The van der Waals surface area contributed by atoms with Gasteiger partial charge in [0.05, 0.1) is 12.9 Å². The molecule has 0 saturated carbocycles. The Labute approximate surface area is 124 Å². The van der Waals surface area contributed by atoms with Crippen molar-refractivity contribution in [2.75, 3.05) is 19.4 Å². The quantitative estimate of drug-likeness (QED) is 0.432. The zero-order chi connectivity index (χ0) is 14.6. The number of hydrogen-bond donors (Lipinski definition) is 1. The van der Waals surface area contributed by atoms with Crippen LogP contribution in [-0.2, 0) is 14.3 Å². The molecule has 1 N–H and O–H groups in total. The fraction of sp³-hybridized carbons (Fsp3) is 0.467. The molecule has 0 aliphatic heterocycles. The fourth-order valence-electron chi connectivity index (χ4n) is 1.62. The van der Waals surface area contributed by atoms with Gasteiger partial charge in [-0.1, -0.05) is 24.6 Å². The van der Waals surface area contributed by atoms with E-state index in [4.69, 9.17) is 0 Å². The third-order valence-electron chi connectivity index (χ3n) is 2.72. The summed E-state index contributed by atoms with van der Waals surface area (Å²) in [6.45, 7) is 0.662. The summed E-state index contributed by atoms with van der Waals surface area (Å²) >= 11 is 1.53. The maximum Gasteiger partial charge on any atom is 0.305 e. The van der Waals surface area contributed by atoms with Gasteiger partial charge in [0.2, 0.25) is 5.91 Å². The Morgan fingerprint density at radius 1 is 1.15 bits per heavy atom. The average molecular weight is 295 g/mol. The van der Waals surface area contributed by atoms with Gasteiger partial charge in [0.25, 0.3) is 0 Å². The van der Waals surface area contributed by atoms with Crippen molar-refractivity contribution in [3.63, 3.8) is 0 Å². The van der Waals surface area contributed by atoms with Crippen LogP contribution in [0.1, 0.15) is 25.7 Å². The predicted octanol–water partition coefficient (Wildman–Crippen LogP) is 2.63. The van der Waals surface area contributed by atoms with Crippen molar-refractivity contribution in [3.05, 3.63) is 30.3 Å². The van der Waals surface area contributed by atoms with Gasteiger partial charge in [-0.25, -0.2) is 0 Å². The van der Waals surface area contributed by atoms with Crippen molar-refractivity contribution < 1.29 is 14.3 Å². The molecule has 1 aromatic carbocycles. The number of ether oxygens (including phenoxy) is 1. The highest BCUT2D eigenvalue weighted by molar-refractivity contribution is 8.00. The molecule has 1 rings (SSSR count). The maximum atomic E-state index is 11.6. The first-order valence-electron chi connectivity index (χ1n) is 6.73. The smallest absolute Gasteiger partial charge is 0.305 e. The number of carbonyl (C=O) groups is 2. The number of hydrogen-bond acceptors (Lipinski definition) is 4. The molecule has 0 saturated heterocycles. The van der Waals surface area contributed by atoms with Crippen LogP contribution in [0.25, 0.3) is 0 Å². The van der Waals surface area contributed by atoms with Gasteiger partial charge >= 0.3 is 5.97 Å². The number of benzene rings is 1. The molecule has 0 atom stereocenters. The molecule has 0 aromatic heterocycles. The third-order valence-corrected chi connectivity index (χ3v) is 3.73. The van der Waals surface area contributed by atoms with E-state index in [1.54, 1.807) is 0 Å². The topological polar surface area (TPSA) is 55.4 Å². The van der Waals surface area contributed by atoms with Crippen molar-refractivity contribution in [2.45, 2.75) is 30.6 Å². The van der Waals surface area contributed by atoms with Gasteiger partial charge in [-0.15, -0.1) is 11.8 Å². The monoisotopic (exact) mass is 295 g/mol. The second kappa shape index (κ2) is 10.3. The molecule has 4 nitrogen and oxygen atoms in total. The lowest BCUT2D eigenvalue weighted by Gasteiger charge is -2.05. The summed E-state index contributed by atoms with van der Waals surface area (Å²) in [5.74, 6) is 0.312. The van der Waals surface area contributed by atoms with Crippen molar-refractivity contribution in [1.29, 1.82) is 0 Å². The zero-order valence-electron chi connectivity index (χ0n) is 11.8. The van der Waals surface area contributed by atoms with Crippen LogP contribution < -0.4 is 5.32 Å². The van der Waals surface area contributed by atoms with Crippen LogP contribution in [-0.4, -0.2) is 31.3 Å². The lowest BCUT2D eigenvalue weighted by Crippen LogP contribution is -2.26. The van der Waals surface area contributed by atoms with Crippen LogP contribution >= 0.6 is 11.8 Å². The molecular weight excluding hydrogens is 274 g/mol. The van der Waals surface area contributed by atoms with E-state index in [-0.39, 0.29) is 11.9 Å². The number of carbonyl (C=O) groups excluding carboxylic acids is 2. The number of rotatable bonds is 9. The van der Waals surface area contributed by atoms with Crippen molar-refractivity contribution in [3.8, 4) is 0 Å². The van der Waals surface area contributed by atoms with Crippen LogP contribution in [0.2, 0.25) is 0 Å². The lowest BCUT2D eigenvalue weighted by molar-refractivity contribution is -0.140. The molecule has 0 fully saturated rings. The SMILES string of the molecule is COC(=O)CCCCCNC(=O)CSc1ccccc1. The van der Waals surface area contributed by atoms with Crippen molar-refractivity contribution in [2.24, 2.45) is 0 Å². The van der Waals surface area contributed by atoms with Gasteiger partial charge in [0.15, 0.2) is 0 Å². The van der Waals surface area contributed by atoms with Gasteiger partial charge in [-0.3, -0.25) is 9.59 Å². The Kier molecular flexibility index (Phi) is 8.54. The largest absolute Gasteiger partial charge is 0.469 e. The van der Waals surface area contributed by atoms with Crippen molar-refractivity contribution >= 4 is 23.6 Å². The van der Waals surface area contributed by atoms with Gasteiger partial charge in [-0.05, 0) is 25.0 Å². The molecule has 0 heterocycles. The normalized spacial score (nSPS) is 10.1. The Balaban J connectivity index is 1.99. The standard InChI is InChI=1S/C15H21NO3S/c1-19-15(18)10-6-3-7-11-16-14(17)12-20-13-8-4-2-5-9-13/h2,4-5,8-9H,3,6-7,10-12H2,1H3,(H,16,17). The maximum absolute atomic E-state index is 11.6. The van der Waals surface area contributed by atoms with E-state index in [0.717, 1.165) is 24.2 Å². The molecule has 1 amide bonds. The Bertz CT molecular complexity index is 409. The van der Waals surface area contributed by atoms with Gasteiger partial charge < -0.3 is 10.1 Å². The van der Waals surface area contributed by atoms with E-state index >= 15 is 0 Å². The number of unbranched alkanes of at least 4 members (excludes halogenated alkanes) is 2. The van der Waals surface area contributed by atoms with Crippen molar-refractivity contribution in [1.82, 2.24) is 5.32 Å². The number of thioether (sulfide) groups is 1. The second-order valence-electron chi connectivity index (χ2n) is 4.34. The van der Waals surface area contributed by atoms with Crippen LogP contribution in [0.4, 0.5) is 0 Å². The minimum Gasteiger partial charge on any atom is -0.469 e. The second-order valence-corrected chi connectivity index (χ2v) is 5.39. The molecule has 0 radical (unpaired) electrons. The van der Waals surface area contributed by atoms with Crippen LogP contribution in [0, 0.1) is 0 Å². The summed E-state index contributed by atoms with van der Waals surface area (Å²) in [6, 6.07) is 9.86. The highest BCUT2D eigenvalue weighted by atomic mass is 32.2. The van der Waals surface area contributed by atoms with Gasteiger partial charge in [-0.2, -0.15) is 0 Å². The number of nitrogens with one attached hydrogen (secondary N) is 1. The zero-order valence-corrected chi connectivity index (χ0v) is 12.6. The summed E-state index contributed by atoms with van der Waals surface area (Å²) in [6.07, 6.45) is 3.07. The van der Waals surface area contributed by atoms with Gasteiger partial charge in [0, 0.05) is 17.9 Å². The molecule has 5 heteroatoms. The first-order valence-corrected chi connectivity index (χ1v) is 7.72. The molecule has 0 aliphatic carbocycles. The van der Waals surface area contributed by atoms with E-state index in [1.165, 1.54) is 18.9 Å². The molecule has 20 heavy (non-hydrogen) atoms. The van der Waals surface area contributed by atoms with E-state index in [2.05, 4.69) is 10.1 Å². The molecule has 110 valence electrons. The molecule has 1 aromatic rings. The van der Waals surface area contributed by atoms with Crippen LogP contribution in [0.5, 0.6) is 0 Å². The third kappa shape index (κ3) is 7.84. The molecule has 0 bridgehead atoms. The van der Waals surface area contributed by atoms with Crippen LogP contribution in [0.15, 0.2) is 35.2 Å². The van der Waals surface area contributed by atoms with E-state index in [0.29, 0.717) is 18.7 Å². The van der Waals surface area contributed by atoms with E-state index in [9.17, 15) is 9.59 Å². The van der Waals surface area contributed by atoms with E-state index < -0.39 is 0 Å². The number of esters is 1. The van der Waals surface area contributed by atoms with E-state index in [1.807, 2.05) is 30.3 Å². The number of methoxy groups -OCH3 is 1. The summed E-state index contributed by atoms with van der Waals surface area (Å²) in [7, 11) is 1.40. The molecular formula is C15H21NO3S. The summed E-state index contributed by atoms with van der Waals surface area (Å²) in [5, 5.41) is 2.88. The predicted molar refractivity (Wildman–Crippen MR) is 80.7 cm³/mol. The number of amides is 1. The lowest BCUT2D eigenvalue weighted by atomic mass is 10.2. The fourth-order valence-corrected chi connectivity index (χ4v) is 2.37. The molecule has 0 unspecified atom stereocenters. The Morgan fingerprint density at radius 3 is 2.60 bits per heavy atom. The highest BCUT2D eigenvalue weighted by Crippen LogP contribution is 2.16. The summed E-state index contributed by atoms with van der Waals surface area (Å²) < 4.78 is 4.56. The first kappa shape index (κ1) is 16.6. The van der Waals surface area contributed by atoms with Gasteiger partial charge in [0.1, 0.15) is 0 Å². The molecule has 0 spiro atoms.